The van der Waals surface area contributed by atoms with Crippen molar-refractivity contribution in [3.63, 3.8) is 0 Å². The zero-order valence-corrected chi connectivity index (χ0v) is 11.1. The average Bonchev–Trinajstić information content (AvgIpc) is 2.59. The molecule has 1 aromatic rings. The van der Waals surface area contributed by atoms with Crippen molar-refractivity contribution in [3.8, 4) is 0 Å². The molecule has 18 heavy (non-hydrogen) atoms. The molecule has 2 rings (SSSR count). The summed E-state index contributed by atoms with van der Waals surface area (Å²) in [5, 5.41) is 17.1. The second-order valence-electron chi connectivity index (χ2n) is 5.37. The van der Waals surface area contributed by atoms with Crippen molar-refractivity contribution in [2.75, 3.05) is 0 Å². The van der Waals surface area contributed by atoms with Crippen LogP contribution in [0.5, 0.6) is 0 Å². The molecule has 0 unspecified atom stereocenters. The highest BCUT2D eigenvalue weighted by atomic mass is 16.4. The molecule has 1 saturated carbocycles. The van der Waals surface area contributed by atoms with Gasteiger partial charge in [0, 0.05) is 0 Å². The molecule has 0 bridgehead atoms. The topological polar surface area (TPSA) is 68.0 Å². The molecule has 0 aliphatic heterocycles. The van der Waals surface area contributed by atoms with E-state index in [1.165, 1.54) is 25.7 Å². The fourth-order valence-electron chi connectivity index (χ4n) is 2.76. The normalized spacial score (nSPS) is 17.9. The minimum Gasteiger partial charge on any atom is -0.476 e. The number of carboxylic acids is 1. The lowest BCUT2D eigenvalue weighted by atomic mass is 10.0. The van der Waals surface area contributed by atoms with E-state index in [0.29, 0.717) is 6.04 Å². The summed E-state index contributed by atoms with van der Waals surface area (Å²) in [7, 11) is 0. The fraction of sp³-hybridized carbons (Fsp3) is 0.769. The highest BCUT2D eigenvalue weighted by Crippen LogP contribution is 2.30. The molecule has 1 aliphatic carbocycles. The van der Waals surface area contributed by atoms with Crippen molar-refractivity contribution in [2.24, 2.45) is 0 Å². The predicted molar refractivity (Wildman–Crippen MR) is 67.8 cm³/mol. The van der Waals surface area contributed by atoms with Gasteiger partial charge >= 0.3 is 5.97 Å². The van der Waals surface area contributed by atoms with Gasteiger partial charge in [-0.15, -0.1) is 5.10 Å². The molecule has 5 nitrogen and oxygen atoms in total. The lowest BCUT2D eigenvalue weighted by molar-refractivity contribution is 0.0688. The first-order chi connectivity index (χ1) is 8.61. The summed E-state index contributed by atoms with van der Waals surface area (Å²) in [6.45, 7) is 4.00. The minimum absolute atomic E-state index is 0.120. The number of aromatic carboxylic acids is 1. The second kappa shape index (κ2) is 5.50. The Morgan fingerprint density at radius 1 is 1.28 bits per heavy atom. The summed E-state index contributed by atoms with van der Waals surface area (Å²) < 4.78 is 1.87. The van der Waals surface area contributed by atoms with E-state index in [-0.39, 0.29) is 11.6 Å². The summed E-state index contributed by atoms with van der Waals surface area (Å²) in [5.74, 6) is -0.840. The molecular weight excluding hydrogens is 230 g/mol. The maximum atomic E-state index is 11.2. The Bertz CT molecular complexity index is 418. The van der Waals surface area contributed by atoms with Crippen LogP contribution in [0.3, 0.4) is 0 Å². The first-order valence-electron chi connectivity index (χ1n) is 6.79. The highest BCUT2D eigenvalue weighted by molar-refractivity contribution is 5.86. The van der Waals surface area contributed by atoms with Gasteiger partial charge in [-0.1, -0.05) is 44.7 Å². The molecule has 0 spiro atoms. The van der Waals surface area contributed by atoms with Crippen molar-refractivity contribution in [1.82, 2.24) is 15.0 Å². The molecule has 5 heteroatoms. The van der Waals surface area contributed by atoms with Crippen molar-refractivity contribution in [2.45, 2.75) is 64.3 Å². The molecule has 0 atom stereocenters. The molecule has 0 saturated heterocycles. The molecule has 100 valence electrons. The van der Waals surface area contributed by atoms with E-state index in [1.807, 2.05) is 18.5 Å². The van der Waals surface area contributed by atoms with Gasteiger partial charge in [0.15, 0.2) is 5.69 Å². The second-order valence-corrected chi connectivity index (χ2v) is 5.37. The first-order valence-corrected chi connectivity index (χ1v) is 6.79. The quantitative estimate of drug-likeness (QED) is 0.838. The van der Waals surface area contributed by atoms with Gasteiger partial charge in [0.05, 0.1) is 11.7 Å². The third kappa shape index (κ3) is 2.54. The number of rotatable bonds is 3. The fourth-order valence-corrected chi connectivity index (χ4v) is 2.76. The van der Waals surface area contributed by atoms with Crippen molar-refractivity contribution < 1.29 is 9.90 Å². The van der Waals surface area contributed by atoms with Gasteiger partial charge in [0.25, 0.3) is 0 Å². The van der Waals surface area contributed by atoms with E-state index < -0.39 is 5.97 Å². The van der Waals surface area contributed by atoms with E-state index in [4.69, 9.17) is 5.11 Å². The van der Waals surface area contributed by atoms with E-state index in [2.05, 4.69) is 10.3 Å². The van der Waals surface area contributed by atoms with Gasteiger partial charge in [-0.25, -0.2) is 9.48 Å². The lowest BCUT2D eigenvalue weighted by Crippen LogP contribution is -2.15. The Balaban J connectivity index is 2.34. The third-order valence-corrected chi connectivity index (χ3v) is 3.65. The van der Waals surface area contributed by atoms with Crippen LogP contribution in [0.1, 0.15) is 80.5 Å². The molecule has 1 fully saturated rings. The van der Waals surface area contributed by atoms with Crippen molar-refractivity contribution in [1.29, 1.82) is 0 Å². The van der Waals surface area contributed by atoms with E-state index in [1.54, 1.807) is 0 Å². The maximum Gasteiger partial charge on any atom is 0.358 e. The lowest BCUT2D eigenvalue weighted by Gasteiger charge is -2.18. The van der Waals surface area contributed by atoms with E-state index in [9.17, 15) is 4.79 Å². The molecule has 1 aromatic heterocycles. The van der Waals surface area contributed by atoms with Crippen LogP contribution in [0.25, 0.3) is 0 Å². The van der Waals surface area contributed by atoms with Crippen LogP contribution in [-0.4, -0.2) is 26.1 Å². The smallest absolute Gasteiger partial charge is 0.358 e. The van der Waals surface area contributed by atoms with Gasteiger partial charge < -0.3 is 5.11 Å². The van der Waals surface area contributed by atoms with E-state index in [0.717, 1.165) is 18.5 Å². The van der Waals surface area contributed by atoms with Crippen LogP contribution in [0.4, 0.5) is 0 Å². The van der Waals surface area contributed by atoms with Crippen molar-refractivity contribution in [3.05, 3.63) is 11.4 Å². The van der Waals surface area contributed by atoms with Gasteiger partial charge in [-0.2, -0.15) is 0 Å². The zero-order valence-electron chi connectivity index (χ0n) is 11.1. The average molecular weight is 251 g/mol. The monoisotopic (exact) mass is 251 g/mol. The molecular formula is C13H21N3O2. The summed E-state index contributed by atoms with van der Waals surface area (Å²) in [6, 6.07) is 0.325. The molecule has 0 aromatic carbocycles. The Kier molecular flexibility index (Phi) is 3.99. The first kappa shape index (κ1) is 13.1. The Hall–Kier alpha value is -1.39. The van der Waals surface area contributed by atoms with Crippen LogP contribution in [0.15, 0.2) is 0 Å². The van der Waals surface area contributed by atoms with Crippen LogP contribution >= 0.6 is 0 Å². The summed E-state index contributed by atoms with van der Waals surface area (Å²) in [5.41, 5.74) is 0.892. The van der Waals surface area contributed by atoms with Crippen LogP contribution in [-0.2, 0) is 0 Å². The van der Waals surface area contributed by atoms with E-state index >= 15 is 0 Å². The Morgan fingerprint density at radius 2 is 1.89 bits per heavy atom. The predicted octanol–water partition coefficient (Wildman–Crippen LogP) is 3.00. The summed E-state index contributed by atoms with van der Waals surface area (Å²) in [6.07, 6.45) is 7.11. The van der Waals surface area contributed by atoms with Crippen molar-refractivity contribution >= 4 is 5.97 Å². The highest BCUT2D eigenvalue weighted by Gasteiger charge is 2.26. The molecule has 1 aliphatic rings. The minimum atomic E-state index is -0.974. The molecule has 0 amide bonds. The third-order valence-electron chi connectivity index (χ3n) is 3.65. The standard InChI is InChI=1S/C13H21N3O2/c1-9(2)12-11(13(17)18)14-15-16(12)10-7-5-3-4-6-8-10/h9-10H,3-8H2,1-2H3,(H,17,18). The zero-order chi connectivity index (χ0) is 13.1. The SMILES string of the molecule is CC(C)c1c(C(=O)O)nnn1C1CCCCCC1. The van der Waals surface area contributed by atoms with Crippen LogP contribution < -0.4 is 0 Å². The van der Waals surface area contributed by atoms with Gasteiger partial charge in [0.2, 0.25) is 0 Å². The molecule has 1 heterocycles. The maximum absolute atomic E-state index is 11.2. The van der Waals surface area contributed by atoms with Crippen LogP contribution in [0, 0.1) is 0 Å². The molecule has 1 N–H and O–H groups in total. The number of aromatic nitrogens is 3. The van der Waals surface area contributed by atoms with Gasteiger partial charge in [0.1, 0.15) is 0 Å². The molecule has 0 radical (unpaired) electrons. The van der Waals surface area contributed by atoms with Crippen LogP contribution in [0.2, 0.25) is 0 Å². The number of carboxylic acid groups (broad SMARTS) is 1. The number of hydrogen-bond acceptors (Lipinski definition) is 3. The number of hydrogen-bond donors (Lipinski definition) is 1. The van der Waals surface area contributed by atoms with Gasteiger partial charge in [-0.3, -0.25) is 0 Å². The van der Waals surface area contributed by atoms with Gasteiger partial charge in [-0.05, 0) is 18.8 Å². The Labute approximate surface area is 107 Å². The number of nitrogens with zero attached hydrogens (tertiary/aromatic N) is 3. The Morgan fingerprint density at radius 3 is 2.39 bits per heavy atom. The summed E-state index contributed by atoms with van der Waals surface area (Å²) in [4.78, 5) is 11.2. The largest absolute Gasteiger partial charge is 0.476 e. The number of carbonyl (C=O) groups is 1. The summed E-state index contributed by atoms with van der Waals surface area (Å²) >= 11 is 0.